The molecule has 2 rings (SSSR count). The molecule has 0 aliphatic carbocycles. The zero-order valence-electron chi connectivity index (χ0n) is 14.7. The van der Waals surface area contributed by atoms with Gasteiger partial charge < -0.3 is 10.6 Å². The van der Waals surface area contributed by atoms with Gasteiger partial charge in [0.05, 0.1) is 18.4 Å². The second-order valence-electron chi connectivity index (χ2n) is 5.67. The van der Waals surface area contributed by atoms with Crippen LogP contribution in [0.3, 0.4) is 0 Å². The molecule has 2 heterocycles. The van der Waals surface area contributed by atoms with Gasteiger partial charge in [0, 0.05) is 44.6 Å². The van der Waals surface area contributed by atoms with Gasteiger partial charge in [0.25, 0.3) is 0 Å². The van der Waals surface area contributed by atoms with E-state index in [-0.39, 0.29) is 0 Å². The molecule has 0 aliphatic heterocycles. The highest BCUT2D eigenvalue weighted by Gasteiger charge is 2.09. The first-order valence-electron chi connectivity index (χ1n) is 8.00. The Labute approximate surface area is 137 Å². The molecule has 0 unspecified atom stereocenters. The van der Waals surface area contributed by atoms with Crippen LogP contribution in [-0.2, 0) is 27.1 Å². The fourth-order valence-corrected chi connectivity index (χ4v) is 2.47. The Kier molecular flexibility index (Phi) is 5.78. The maximum atomic E-state index is 4.68. The summed E-state index contributed by atoms with van der Waals surface area (Å²) in [6.07, 6.45) is 4.85. The standard InChI is InChI=1S/C16H27N7/c1-6-17-16(18-8-7-14-9-20-22(4)11-14)19-10-15-12(2)21-23(5)13(15)3/h9,11H,6-8,10H2,1-5H3,(H2,17,18,19). The smallest absolute Gasteiger partial charge is 0.191 e. The monoisotopic (exact) mass is 317 g/mol. The molecule has 7 heteroatoms. The van der Waals surface area contributed by atoms with E-state index in [2.05, 4.69) is 39.7 Å². The van der Waals surface area contributed by atoms with Crippen LogP contribution in [0.5, 0.6) is 0 Å². The highest BCUT2D eigenvalue weighted by atomic mass is 15.3. The number of guanidine groups is 1. The first kappa shape index (κ1) is 17.1. The highest BCUT2D eigenvalue weighted by molar-refractivity contribution is 5.79. The number of aliphatic imine (C=N–C) groups is 1. The Morgan fingerprint density at radius 3 is 2.61 bits per heavy atom. The van der Waals surface area contributed by atoms with E-state index in [1.807, 2.05) is 42.8 Å². The van der Waals surface area contributed by atoms with Crippen molar-refractivity contribution in [2.45, 2.75) is 33.7 Å². The number of aryl methyl sites for hydroxylation is 3. The van der Waals surface area contributed by atoms with E-state index in [1.54, 1.807) is 0 Å². The van der Waals surface area contributed by atoms with Gasteiger partial charge in [-0.1, -0.05) is 0 Å². The van der Waals surface area contributed by atoms with Crippen LogP contribution in [0.1, 0.15) is 29.4 Å². The van der Waals surface area contributed by atoms with Crippen LogP contribution in [0, 0.1) is 13.8 Å². The maximum Gasteiger partial charge on any atom is 0.191 e. The summed E-state index contributed by atoms with van der Waals surface area (Å²) >= 11 is 0. The van der Waals surface area contributed by atoms with Crippen molar-refractivity contribution in [3.8, 4) is 0 Å². The fraction of sp³-hybridized carbons (Fsp3) is 0.562. The number of rotatable bonds is 6. The van der Waals surface area contributed by atoms with Crippen LogP contribution < -0.4 is 10.6 Å². The van der Waals surface area contributed by atoms with Crippen LogP contribution in [0.25, 0.3) is 0 Å². The molecule has 0 spiro atoms. The van der Waals surface area contributed by atoms with Gasteiger partial charge in [-0.25, -0.2) is 4.99 Å². The lowest BCUT2D eigenvalue weighted by atomic mass is 10.2. The molecule has 0 radical (unpaired) electrons. The van der Waals surface area contributed by atoms with E-state index < -0.39 is 0 Å². The molecule has 0 amide bonds. The van der Waals surface area contributed by atoms with Gasteiger partial charge in [-0.15, -0.1) is 0 Å². The Morgan fingerprint density at radius 2 is 2.04 bits per heavy atom. The van der Waals surface area contributed by atoms with Crippen LogP contribution in [0.4, 0.5) is 0 Å². The minimum Gasteiger partial charge on any atom is -0.357 e. The summed E-state index contributed by atoms with van der Waals surface area (Å²) in [4.78, 5) is 4.68. The molecule has 2 aromatic rings. The molecule has 7 nitrogen and oxygen atoms in total. The highest BCUT2D eigenvalue weighted by Crippen LogP contribution is 2.12. The normalized spacial score (nSPS) is 11.8. The first-order chi connectivity index (χ1) is 11.0. The lowest BCUT2D eigenvalue weighted by Crippen LogP contribution is -2.38. The molecule has 0 aliphatic rings. The third-order valence-electron chi connectivity index (χ3n) is 3.86. The van der Waals surface area contributed by atoms with Crippen molar-refractivity contribution in [2.24, 2.45) is 19.1 Å². The molecule has 126 valence electrons. The minimum absolute atomic E-state index is 0.633. The van der Waals surface area contributed by atoms with Crippen molar-refractivity contribution >= 4 is 5.96 Å². The Hall–Kier alpha value is -2.31. The molecule has 0 aromatic carbocycles. The summed E-state index contributed by atoms with van der Waals surface area (Å²) in [5.74, 6) is 0.832. The SMILES string of the molecule is CCNC(=NCc1c(C)nn(C)c1C)NCCc1cnn(C)c1. The summed E-state index contributed by atoms with van der Waals surface area (Å²) in [5.41, 5.74) is 4.61. The van der Waals surface area contributed by atoms with Gasteiger partial charge in [0.2, 0.25) is 0 Å². The van der Waals surface area contributed by atoms with Crippen molar-refractivity contribution in [1.82, 2.24) is 30.2 Å². The van der Waals surface area contributed by atoms with Crippen molar-refractivity contribution in [3.05, 3.63) is 34.9 Å². The molecule has 0 atom stereocenters. The molecule has 0 saturated heterocycles. The topological polar surface area (TPSA) is 72.1 Å². The molecule has 2 N–H and O–H groups in total. The third kappa shape index (κ3) is 4.58. The molecular weight excluding hydrogens is 290 g/mol. The van der Waals surface area contributed by atoms with Crippen molar-refractivity contribution in [3.63, 3.8) is 0 Å². The minimum atomic E-state index is 0.633. The molecule has 2 aromatic heterocycles. The average molecular weight is 317 g/mol. The van der Waals surface area contributed by atoms with E-state index >= 15 is 0 Å². The van der Waals surface area contributed by atoms with Crippen LogP contribution in [0.15, 0.2) is 17.4 Å². The van der Waals surface area contributed by atoms with Gasteiger partial charge in [0.1, 0.15) is 0 Å². The first-order valence-corrected chi connectivity index (χ1v) is 8.00. The maximum absolute atomic E-state index is 4.68. The zero-order valence-corrected chi connectivity index (χ0v) is 14.7. The van der Waals surface area contributed by atoms with E-state index in [9.17, 15) is 0 Å². The molecule has 0 bridgehead atoms. The summed E-state index contributed by atoms with van der Waals surface area (Å²) in [7, 11) is 3.90. The lowest BCUT2D eigenvalue weighted by Gasteiger charge is -2.11. The number of nitrogens with one attached hydrogen (secondary N) is 2. The number of nitrogens with zero attached hydrogens (tertiary/aromatic N) is 5. The Morgan fingerprint density at radius 1 is 1.26 bits per heavy atom. The van der Waals surface area contributed by atoms with Crippen LogP contribution in [-0.4, -0.2) is 38.6 Å². The van der Waals surface area contributed by atoms with Gasteiger partial charge in [-0.05, 0) is 32.8 Å². The molecule has 23 heavy (non-hydrogen) atoms. The van der Waals surface area contributed by atoms with Crippen LogP contribution >= 0.6 is 0 Å². The molecule has 0 saturated carbocycles. The average Bonchev–Trinajstić information content (AvgIpc) is 3.01. The van der Waals surface area contributed by atoms with E-state index in [4.69, 9.17) is 0 Å². The van der Waals surface area contributed by atoms with E-state index in [0.29, 0.717) is 6.54 Å². The predicted molar refractivity (Wildman–Crippen MR) is 92.4 cm³/mol. The summed E-state index contributed by atoms with van der Waals surface area (Å²) < 4.78 is 3.73. The second kappa shape index (κ2) is 7.80. The van der Waals surface area contributed by atoms with Gasteiger partial charge in [-0.2, -0.15) is 10.2 Å². The van der Waals surface area contributed by atoms with Crippen LogP contribution in [0.2, 0.25) is 0 Å². The van der Waals surface area contributed by atoms with E-state index in [0.717, 1.165) is 36.9 Å². The summed E-state index contributed by atoms with van der Waals surface area (Å²) in [6.45, 7) is 8.47. The predicted octanol–water partition coefficient (Wildman–Crippen LogP) is 1.07. The largest absolute Gasteiger partial charge is 0.357 e. The fourth-order valence-electron chi connectivity index (χ4n) is 2.47. The lowest BCUT2D eigenvalue weighted by molar-refractivity contribution is 0.730. The summed E-state index contributed by atoms with van der Waals surface area (Å²) in [5, 5.41) is 15.3. The van der Waals surface area contributed by atoms with E-state index in [1.165, 1.54) is 11.1 Å². The van der Waals surface area contributed by atoms with Gasteiger partial charge >= 0.3 is 0 Å². The number of hydrogen-bond acceptors (Lipinski definition) is 3. The molecular formula is C16H27N7. The Balaban J connectivity index is 1.94. The third-order valence-corrected chi connectivity index (χ3v) is 3.86. The number of hydrogen-bond donors (Lipinski definition) is 2. The zero-order chi connectivity index (χ0) is 16.8. The van der Waals surface area contributed by atoms with Crippen molar-refractivity contribution in [1.29, 1.82) is 0 Å². The number of aromatic nitrogens is 4. The van der Waals surface area contributed by atoms with Gasteiger partial charge in [-0.3, -0.25) is 9.36 Å². The molecule has 0 fully saturated rings. The quantitative estimate of drug-likeness (QED) is 0.617. The van der Waals surface area contributed by atoms with Gasteiger partial charge in [0.15, 0.2) is 5.96 Å². The van der Waals surface area contributed by atoms with Crippen molar-refractivity contribution in [2.75, 3.05) is 13.1 Å². The second-order valence-corrected chi connectivity index (χ2v) is 5.67. The van der Waals surface area contributed by atoms with Crippen molar-refractivity contribution < 1.29 is 0 Å². The summed E-state index contributed by atoms with van der Waals surface area (Å²) in [6, 6.07) is 0. The Bertz CT molecular complexity index is 666.